The fourth-order valence-electron chi connectivity index (χ4n) is 1.61. The Labute approximate surface area is 111 Å². The molecule has 2 rings (SSSR count). The largest absolute Gasteiger partial charge is 0.452 e. The molecule has 94 valence electrons. The van der Waals surface area contributed by atoms with Crippen molar-refractivity contribution in [1.29, 1.82) is 0 Å². The van der Waals surface area contributed by atoms with Crippen molar-refractivity contribution in [3.63, 3.8) is 0 Å². The van der Waals surface area contributed by atoms with E-state index < -0.39 is 0 Å². The number of anilines is 1. The monoisotopic (exact) mass is 263 g/mol. The van der Waals surface area contributed by atoms with Gasteiger partial charge in [0.15, 0.2) is 0 Å². The van der Waals surface area contributed by atoms with Crippen LogP contribution in [0.4, 0.5) is 5.69 Å². The van der Waals surface area contributed by atoms with E-state index in [9.17, 15) is 4.79 Å². The maximum atomic E-state index is 11.9. The molecule has 0 aliphatic carbocycles. The number of amides is 1. The molecule has 0 bridgehead atoms. The summed E-state index contributed by atoms with van der Waals surface area (Å²) in [5, 5.41) is 2.87. The first kappa shape index (κ1) is 12.7. The number of furan rings is 1. The van der Waals surface area contributed by atoms with Crippen LogP contribution in [-0.4, -0.2) is 5.91 Å². The van der Waals surface area contributed by atoms with E-state index in [2.05, 4.69) is 19.2 Å². The first-order chi connectivity index (χ1) is 8.58. The lowest BCUT2D eigenvalue weighted by Gasteiger charge is -2.07. The Morgan fingerprint density at radius 1 is 1.22 bits per heavy atom. The molecule has 1 amide bonds. The maximum Gasteiger partial charge on any atom is 0.260 e. The topological polar surface area (TPSA) is 42.2 Å². The number of benzene rings is 1. The lowest BCUT2D eigenvalue weighted by Crippen LogP contribution is -2.11. The van der Waals surface area contributed by atoms with Gasteiger partial charge in [0, 0.05) is 5.69 Å². The fraction of sp³-hybridized carbons (Fsp3) is 0.214. The van der Waals surface area contributed by atoms with Crippen LogP contribution >= 0.6 is 11.6 Å². The van der Waals surface area contributed by atoms with Gasteiger partial charge in [-0.3, -0.25) is 4.79 Å². The molecule has 1 heterocycles. The van der Waals surface area contributed by atoms with Crippen LogP contribution in [0.5, 0.6) is 0 Å². The van der Waals surface area contributed by atoms with Crippen LogP contribution < -0.4 is 5.32 Å². The van der Waals surface area contributed by atoms with Crippen LogP contribution in [0.3, 0.4) is 0 Å². The number of carbonyl (C=O) groups is 1. The van der Waals surface area contributed by atoms with Gasteiger partial charge in [-0.15, -0.1) is 0 Å². The summed E-state index contributed by atoms with van der Waals surface area (Å²) in [4.78, 5) is 11.9. The van der Waals surface area contributed by atoms with Crippen molar-refractivity contribution in [2.45, 2.75) is 19.8 Å². The van der Waals surface area contributed by atoms with Gasteiger partial charge in [0.25, 0.3) is 5.91 Å². The smallest absolute Gasteiger partial charge is 0.260 e. The van der Waals surface area contributed by atoms with Crippen LogP contribution in [0.2, 0.25) is 5.22 Å². The summed E-state index contributed by atoms with van der Waals surface area (Å²) in [5.74, 6) is 0.198. The Balaban J connectivity index is 2.10. The number of carbonyl (C=O) groups excluding carboxylic acids is 1. The highest BCUT2D eigenvalue weighted by Gasteiger charge is 2.12. The van der Waals surface area contributed by atoms with Crippen LogP contribution in [0.25, 0.3) is 0 Å². The van der Waals surface area contributed by atoms with E-state index >= 15 is 0 Å². The molecule has 4 heteroatoms. The highest BCUT2D eigenvalue weighted by atomic mass is 35.5. The molecular formula is C14H14ClNO2. The number of halogens is 1. The molecule has 0 saturated carbocycles. The minimum Gasteiger partial charge on any atom is -0.452 e. The van der Waals surface area contributed by atoms with Crippen LogP contribution in [0, 0.1) is 0 Å². The molecule has 0 fully saturated rings. The zero-order valence-electron chi connectivity index (χ0n) is 10.2. The van der Waals surface area contributed by atoms with Crippen molar-refractivity contribution < 1.29 is 9.21 Å². The molecule has 0 saturated heterocycles. The summed E-state index contributed by atoms with van der Waals surface area (Å²) in [6.45, 7) is 4.25. The Hall–Kier alpha value is -1.74. The third kappa shape index (κ3) is 2.74. The van der Waals surface area contributed by atoms with E-state index in [4.69, 9.17) is 16.0 Å². The Kier molecular flexibility index (Phi) is 3.72. The van der Waals surface area contributed by atoms with Gasteiger partial charge in [-0.25, -0.2) is 0 Å². The molecule has 0 aliphatic rings. The molecule has 0 atom stereocenters. The molecule has 0 aliphatic heterocycles. The zero-order valence-corrected chi connectivity index (χ0v) is 11.0. The maximum absolute atomic E-state index is 11.9. The summed E-state index contributed by atoms with van der Waals surface area (Å²) in [5.41, 5.74) is 2.31. The third-order valence-corrected chi connectivity index (χ3v) is 2.99. The van der Waals surface area contributed by atoms with Crippen molar-refractivity contribution in [2.24, 2.45) is 0 Å². The van der Waals surface area contributed by atoms with E-state index in [-0.39, 0.29) is 11.1 Å². The highest BCUT2D eigenvalue weighted by Crippen LogP contribution is 2.20. The second-order valence-corrected chi connectivity index (χ2v) is 4.68. The molecule has 1 N–H and O–H groups in total. The lowest BCUT2D eigenvalue weighted by atomic mass is 10.0. The molecule has 0 radical (unpaired) electrons. The summed E-state index contributed by atoms with van der Waals surface area (Å²) < 4.78 is 4.88. The Morgan fingerprint density at radius 3 is 2.39 bits per heavy atom. The molecule has 1 aromatic carbocycles. The predicted molar refractivity (Wildman–Crippen MR) is 72.2 cm³/mol. The summed E-state index contributed by atoms with van der Waals surface area (Å²) >= 11 is 5.74. The van der Waals surface area contributed by atoms with E-state index in [0.29, 0.717) is 11.5 Å². The van der Waals surface area contributed by atoms with Gasteiger partial charge in [-0.05, 0) is 41.3 Å². The number of hydrogen-bond donors (Lipinski definition) is 1. The molecule has 0 spiro atoms. The molecule has 1 aromatic heterocycles. The predicted octanol–water partition coefficient (Wildman–Crippen LogP) is 4.31. The van der Waals surface area contributed by atoms with Gasteiger partial charge in [0.2, 0.25) is 5.22 Å². The van der Waals surface area contributed by atoms with Gasteiger partial charge in [0.05, 0.1) is 11.8 Å². The first-order valence-electron chi connectivity index (χ1n) is 5.72. The van der Waals surface area contributed by atoms with E-state index in [0.717, 1.165) is 5.69 Å². The van der Waals surface area contributed by atoms with Crippen molar-refractivity contribution in [3.05, 3.63) is 52.9 Å². The lowest BCUT2D eigenvalue weighted by molar-refractivity contribution is 0.102. The van der Waals surface area contributed by atoms with E-state index in [1.54, 1.807) is 6.07 Å². The van der Waals surface area contributed by atoms with Gasteiger partial charge in [-0.2, -0.15) is 0 Å². The van der Waals surface area contributed by atoms with Crippen molar-refractivity contribution >= 4 is 23.2 Å². The van der Waals surface area contributed by atoms with Crippen LogP contribution in [0.1, 0.15) is 35.7 Å². The SMILES string of the molecule is CC(C)c1ccc(NC(=O)c2ccoc2Cl)cc1. The molecular weight excluding hydrogens is 250 g/mol. The fourth-order valence-corrected chi connectivity index (χ4v) is 1.81. The van der Waals surface area contributed by atoms with E-state index in [1.165, 1.54) is 11.8 Å². The van der Waals surface area contributed by atoms with Gasteiger partial charge in [0.1, 0.15) is 0 Å². The summed E-state index contributed by atoms with van der Waals surface area (Å²) in [6, 6.07) is 9.29. The van der Waals surface area contributed by atoms with Crippen molar-refractivity contribution in [1.82, 2.24) is 0 Å². The Bertz CT molecular complexity index is 543. The van der Waals surface area contributed by atoms with Crippen molar-refractivity contribution in [2.75, 3.05) is 5.32 Å². The minimum absolute atomic E-state index is 0.103. The normalized spacial score (nSPS) is 10.7. The third-order valence-electron chi connectivity index (χ3n) is 2.70. The quantitative estimate of drug-likeness (QED) is 0.897. The highest BCUT2D eigenvalue weighted by molar-refractivity contribution is 6.32. The zero-order chi connectivity index (χ0) is 13.1. The van der Waals surface area contributed by atoms with Crippen LogP contribution in [0.15, 0.2) is 41.0 Å². The number of rotatable bonds is 3. The van der Waals surface area contributed by atoms with Gasteiger partial charge < -0.3 is 9.73 Å². The standard InChI is InChI=1S/C14H14ClNO2/c1-9(2)10-3-5-11(6-4-10)16-14(17)12-7-8-18-13(12)15/h3-9H,1-2H3,(H,16,17). The summed E-state index contributed by atoms with van der Waals surface area (Å²) in [6.07, 6.45) is 1.39. The second kappa shape index (κ2) is 5.27. The van der Waals surface area contributed by atoms with Crippen molar-refractivity contribution in [3.8, 4) is 0 Å². The Morgan fingerprint density at radius 2 is 1.89 bits per heavy atom. The molecule has 18 heavy (non-hydrogen) atoms. The average molecular weight is 264 g/mol. The molecule has 2 aromatic rings. The number of hydrogen-bond acceptors (Lipinski definition) is 2. The molecule has 3 nitrogen and oxygen atoms in total. The second-order valence-electron chi connectivity index (χ2n) is 4.34. The molecule has 0 unspecified atom stereocenters. The van der Waals surface area contributed by atoms with Crippen LogP contribution in [-0.2, 0) is 0 Å². The minimum atomic E-state index is -0.272. The van der Waals surface area contributed by atoms with Gasteiger partial charge in [-0.1, -0.05) is 26.0 Å². The summed E-state index contributed by atoms with van der Waals surface area (Å²) in [7, 11) is 0. The van der Waals surface area contributed by atoms with Gasteiger partial charge >= 0.3 is 0 Å². The number of nitrogens with one attached hydrogen (secondary N) is 1. The first-order valence-corrected chi connectivity index (χ1v) is 6.10. The average Bonchev–Trinajstić information content (AvgIpc) is 2.76. The van der Waals surface area contributed by atoms with E-state index in [1.807, 2.05) is 24.3 Å².